The normalized spacial score (nSPS) is 20.4. The average Bonchev–Trinajstić information content (AvgIpc) is 3.00. The molecule has 0 aromatic carbocycles. The number of hydrogen-bond donors (Lipinski definition) is 1. The van der Waals surface area contributed by atoms with E-state index in [2.05, 4.69) is 24.3 Å². The minimum absolute atomic E-state index is 0.146. The van der Waals surface area contributed by atoms with Gasteiger partial charge in [0.1, 0.15) is 0 Å². The third-order valence-electron chi connectivity index (χ3n) is 3.87. The third kappa shape index (κ3) is 3.58. The van der Waals surface area contributed by atoms with Crippen molar-refractivity contribution < 1.29 is 9.53 Å². The second-order valence-corrected chi connectivity index (χ2v) is 5.34. The number of carbonyl (C=O) groups is 1. The van der Waals surface area contributed by atoms with Crippen molar-refractivity contribution in [1.29, 1.82) is 0 Å². The molecule has 0 unspecified atom stereocenters. The lowest BCUT2D eigenvalue weighted by atomic mass is 10.1. The van der Waals surface area contributed by atoms with Crippen LogP contribution in [0.5, 0.6) is 0 Å². The van der Waals surface area contributed by atoms with Gasteiger partial charge < -0.3 is 15.0 Å². The lowest BCUT2D eigenvalue weighted by molar-refractivity contribution is -0.137. The number of hydrogen-bond acceptors (Lipinski definition) is 4. The van der Waals surface area contributed by atoms with Gasteiger partial charge in [-0.2, -0.15) is 5.10 Å². The number of nitrogens with one attached hydrogen (secondary N) is 1. The zero-order valence-corrected chi connectivity index (χ0v) is 12.5. The largest absolute Gasteiger partial charge is 0.378 e. The number of ether oxygens (including phenoxy) is 1. The highest BCUT2D eigenvalue weighted by atomic mass is 16.5. The maximum absolute atomic E-state index is 12.3. The first-order valence-electron chi connectivity index (χ1n) is 7.21. The van der Waals surface area contributed by atoms with Crippen LogP contribution in [0.4, 0.5) is 0 Å². The van der Waals surface area contributed by atoms with Gasteiger partial charge in [-0.25, -0.2) is 0 Å². The van der Waals surface area contributed by atoms with Crippen LogP contribution in [-0.2, 0) is 9.53 Å². The first-order chi connectivity index (χ1) is 9.59. The molecular formula is C14H24N4O2. The Hall–Kier alpha value is -1.40. The van der Waals surface area contributed by atoms with Crippen LogP contribution < -0.4 is 5.32 Å². The Morgan fingerprint density at radius 2 is 2.00 bits per heavy atom. The van der Waals surface area contributed by atoms with Crippen LogP contribution >= 0.6 is 0 Å². The molecule has 0 radical (unpaired) electrons. The Balaban J connectivity index is 1.86. The van der Waals surface area contributed by atoms with Crippen molar-refractivity contribution in [1.82, 2.24) is 20.0 Å². The van der Waals surface area contributed by atoms with Crippen molar-refractivity contribution in [2.75, 3.05) is 26.3 Å². The van der Waals surface area contributed by atoms with Gasteiger partial charge in [0.25, 0.3) is 0 Å². The molecule has 1 fully saturated rings. The Kier molecular flexibility index (Phi) is 5.14. The summed E-state index contributed by atoms with van der Waals surface area (Å²) in [5.41, 5.74) is 0. The van der Waals surface area contributed by atoms with Crippen molar-refractivity contribution in [3.8, 4) is 0 Å². The predicted octanol–water partition coefficient (Wildman–Crippen LogP) is 0.670. The summed E-state index contributed by atoms with van der Waals surface area (Å²) in [5.74, 6) is 0.146. The highest BCUT2D eigenvalue weighted by Gasteiger charge is 2.25. The molecule has 0 spiro atoms. The van der Waals surface area contributed by atoms with Crippen molar-refractivity contribution in [3.63, 3.8) is 0 Å². The van der Waals surface area contributed by atoms with Crippen LogP contribution in [0.3, 0.4) is 0 Å². The standard InChI is InChI=1S/C14H24N4O2/c1-11(13(3)18-6-4-5-15-18)16-12(2)14(19)17-7-9-20-10-8-17/h4-6,11-13,16H,7-10H2,1-3H3/t11-,12+,13+/m1/s1. The second kappa shape index (κ2) is 6.85. The van der Waals surface area contributed by atoms with E-state index >= 15 is 0 Å². The molecule has 1 aliphatic heterocycles. The maximum atomic E-state index is 12.3. The van der Waals surface area contributed by atoms with E-state index < -0.39 is 0 Å². The minimum atomic E-state index is -0.193. The van der Waals surface area contributed by atoms with Crippen LogP contribution in [0.2, 0.25) is 0 Å². The molecular weight excluding hydrogens is 256 g/mol. The fourth-order valence-electron chi connectivity index (χ4n) is 2.41. The lowest BCUT2D eigenvalue weighted by Crippen LogP contribution is -2.52. The molecule has 6 heteroatoms. The molecule has 0 saturated carbocycles. The molecule has 0 aliphatic carbocycles. The summed E-state index contributed by atoms with van der Waals surface area (Å²) >= 11 is 0. The van der Waals surface area contributed by atoms with Crippen molar-refractivity contribution in [2.45, 2.75) is 38.9 Å². The second-order valence-electron chi connectivity index (χ2n) is 5.34. The summed E-state index contributed by atoms with van der Waals surface area (Å²) in [5, 5.41) is 7.62. The van der Waals surface area contributed by atoms with E-state index in [0.717, 1.165) is 0 Å². The molecule has 1 N–H and O–H groups in total. The van der Waals surface area contributed by atoms with Crippen molar-refractivity contribution in [2.24, 2.45) is 0 Å². The molecule has 1 amide bonds. The van der Waals surface area contributed by atoms with Crippen LogP contribution in [0.25, 0.3) is 0 Å². The average molecular weight is 280 g/mol. The molecule has 20 heavy (non-hydrogen) atoms. The first-order valence-corrected chi connectivity index (χ1v) is 7.21. The minimum Gasteiger partial charge on any atom is -0.378 e. The van der Waals surface area contributed by atoms with Crippen LogP contribution in [-0.4, -0.2) is 59.0 Å². The maximum Gasteiger partial charge on any atom is 0.239 e. The smallest absolute Gasteiger partial charge is 0.239 e. The quantitative estimate of drug-likeness (QED) is 0.861. The highest BCUT2D eigenvalue weighted by molar-refractivity contribution is 5.81. The van der Waals surface area contributed by atoms with E-state index in [-0.39, 0.29) is 24.0 Å². The summed E-state index contributed by atoms with van der Waals surface area (Å²) in [6.07, 6.45) is 3.71. The molecule has 6 nitrogen and oxygen atoms in total. The lowest BCUT2D eigenvalue weighted by Gasteiger charge is -2.31. The summed E-state index contributed by atoms with van der Waals surface area (Å²) in [7, 11) is 0. The van der Waals surface area contributed by atoms with E-state index in [1.807, 2.05) is 28.8 Å². The molecule has 112 valence electrons. The fraction of sp³-hybridized carbons (Fsp3) is 0.714. The number of nitrogens with zero attached hydrogens (tertiary/aromatic N) is 3. The van der Waals surface area contributed by atoms with Gasteiger partial charge in [-0.05, 0) is 26.8 Å². The molecule has 3 atom stereocenters. The summed E-state index contributed by atoms with van der Waals surface area (Å²) < 4.78 is 7.18. The van der Waals surface area contributed by atoms with Crippen molar-refractivity contribution in [3.05, 3.63) is 18.5 Å². The summed E-state index contributed by atoms with van der Waals surface area (Å²) in [6, 6.07) is 2.08. The van der Waals surface area contributed by atoms with Gasteiger partial charge in [-0.15, -0.1) is 0 Å². The zero-order valence-electron chi connectivity index (χ0n) is 12.5. The van der Waals surface area contributed by atoms with Gasteiger partial charge in [-0.1, -0.05) is 0 Å². The van der Waals surface area contributed by atoms with E-state index in [1.165, 1.54) is 0 Å². The van der Waals surface area contributed by atoms with Gasteiger partial charge in [0.05, 0.1) is 25.3 Å². The Bertz CT molecular complexity index is 415. The number of amides is 1. The Morgan fingerprint density at radius 3 is 2.60 bits per heavy atom. The topological polar surface area (TPSA) is 59.4 Å². The van der Waals surface area contributed by atoms with Gasteiger partial charge in [0.2, 0.25) is 5.91 Å². The number of carbonyl (C=O) groups excluding carboxylic acids is 1. The molecule has 1 saturated heterocycles. The fourth-order valence-corrected chi connectivity index (χ4v) is 2.41. The Morgan fingerprint density at radius 1 is 1.30 bits per heavy atom. The SMILES string of the molecule is C[C@H](N[C@H](C)[C@H](C)n1cccn1)C(=O)N1CCOCC1. The summed E-state index contributed by atoms with van der Waals surface area (Å²) in [4.78, 5) is 14.2. The van der Waals surface area contributed by atoms with Crippen LogP contribution in [0, 0.1) is 0 Å². The number of morpholine rings is 1. The van der Waals surface area contributed by atoms with Gasteiger partial charge in [0, 0.05) is 31.5 Å². The Labute approximate surface area is 120 Å². The molecule has 0 bridgehead atoms. The monoisotopic (exact) mass is 280 g/mol. The van der Waals surface area contributed by atoms with Crippen molar-refractivity contribution >= 4 is 5.91 Å². The van der Waals surface area contributed by atoms with E-state index in [0.29, 0.717) is 26.3 Å². The molecule has 1 aromatic heterocycles. The number of rotatable bonds is 5. The zero-order chi connectivity index (χ0) is 14.5. The van der Waals surface area contributed by atoms with Crippen LogP contribution in [0.1, 0.15) is 26.8 Å². The van der Waals surface area contributed by atoms with E-state index in [1.54, 1.807) is 6.20 Å². The van der Waals surface area contributed by atoms with Gasteiger partial charge in [0.15, 0.2) is 0 Å². The highest BCUT2D eigenvalue weighted by Crippen LogP contribution is 2.10. The molecule has 1 aliphatic rings. The predicted molar refractivity (Wildman–Crippen MR) is 76.4 cm³/mol. The third-order valence-corrected chi connectivity index (χ3v) is 3.87. The van der Waals surface area contributed by atoms with E-state index in [9.17, 15) is 4.79 Å². The summed E-state index contributed by atoms with van der Waals surface area (Å²) in [6.45, 7) is 8.74. The molecule has 1 aromatic rings. The van der Waals surface area contributed by atoms with Gasteiger partial charge >= 0.3 is 0 Å². The van der Waals surface area contributed by atoms with E-state index in [4.69, 9.17) is 4.74 Å². The number of aromatic nitrogens is 2. The van der Waals surface area contributed by atoms with Crippen LogP contribution in [0.15, 0.2) is 18.5 Å². The van der Waals surface area contributed by atoms with Gasteiger partial charge in [-0.3, -0.25) is 9.48 Å². The molecule has 2 rings (SSSR count). The first kappa shape index (κ1) is 15.0. The molecule has 2 heterocycles.